The van der Waals surface area contributed by atoms with E-state index >= 15 is 0 Å². The molecule has 6 nitrogen and oxygen atoms in total. The first-order chi connectivity index (χ1) is 13.3. The zero-order valence-corrected chi connectivity index (χ0v) is 20.9. The number of guanidine groups is 1. The smallest absolute Gasteiger partial charge is 0.243 e. The zero-order chi connectivity index (χ0) is 20.5. The summed E-state index contributed by atoms with van der Waals surface area (Å²) in [6.07, 6.45) is 2.16. The maximum Gasteiger partial charge on any atom is 0.243 e. The SMILES string of the molecule is Cc1ccccc1CN1CCC(NC(=NCC(=O)N(C)C)NCC(C)C)CC1.I. The molecule has 1 heterocycles. The highest BCUT2D eigenvalue weighted by atomic mass is 127. The number of aryl methyl sites for hydroxylation is 1. The molecule has 2 rings (SSSR count). The van der Waals surface area contributed by atoms with Crippen LogP contribution in [0.2, 0.25) is 0 Å². The number of rotatable bonds is 7. The van der Waals surface area contributed by atoms with Crippen LogP contribution in [0, 0.1) is 12.8 Å². The largest absolute Gasteiger partial charge is 0.356 e. The van der Waals surface area contributed by atoms with Crippen LogP contribution in [0.25, 0.3) is 0 Å². The maximum absolute atomic E-state index is 11.9. The highest BCUT2D eigenvalue weighted by Crippen LogP contribution is 2.16. The van der Waals surface area contributed by atoms with E-state index < -0.39 is 0 Å². The summed E-state index contributed by atoms with van der Waals surface area (Å²) in [5.74, 6) is 1.28. The van der Waals surface area contributed by atoms with Gasteiger partial charge in [-0.15, -0.1) is 24.0 Å². The van der Waals surface area contributed by atoms with E-state index in [4.69, 9.17) is 0 Å². The molecule has 0 aliphatic carbocycles. The lowest BCUT2D eigenvalue weighted by molar-refractivity contribution is -0.127. The van der Waals surface area contributed by atoms with E-state index in [9.17, 15) is 4.79 Å². The van der Waals surface area contributed by atoms with Gasteiger partial charge in [0.1, 0.15) is 6.54 Å². The highest BCUT2D eigenvalue weighted by molar-refractivity contribution is 14.0. The monoisotopic (exact) mass is 515 g/mol. The molecular weight excluding hydrogens is 477 g/mol. The molecule has 0 aromatic heterocycles. The fourth-order valence-electron chi connectivity index (χ4n) is 3.20. The van der Waals surface area contributed by atoms with Crippen LogP contribution >= 0.6 is 24.0 Å². The summed E-state index contributed by atoms with van der Waals surface area (Å²) in [6.45, 7) is 10.7. The first-order valence-corrected chi connectivity index (χ1v) is 10.4. The van der Waals surface area contributed by atoms with Crippen LogP contribution < -0.4 is 10.6 Å². The topological polar surface area (TPSA) is 60.0 Å². The van der Waals surface area contributed by atoms with E-state index in [0.717, 1.165) is 45.0 Å². The summed E-state index contributed by atoms with van der Waals surface area (Å²) in [4.78, 5) is 20.5. The minimum atomic E-state index is 0. The van der Waals surface area contributed by atoms with Gasteiger partial charge >= 0.3 is 0 Å². The van der Waals surface area contributed by atoms with Gasteiger partial charge in [0.05, 0.1) is 0 Å². The minimum absolute atomic E-state index is 0. The second-order valence-corrected chi connectivity index (χ2v) is 8.35. The molecule has 7 heteroatoms. The Morgan fingerprint density at radius 2 is 1.90 bits per heavy atom. The van der Waals surface area contributed by atoms with Crippen LogP contribution in [0.5, 0.6) is 0 Å². The summed E-state index contributed by atoms with van der Waals surface area (Å²) in [5, 5.41) is 6.92. The summed E-state index contributed by atoms with van der Waals surface area (Å²) in [7, 11) is 3.52. The molecule has 1 fully saturated rings. The second-order valence-electron chi connectivity index (χ2n) is 8.35. The zero-order valence-electron chi connectivity index (χ0n) is 18.6. The van der Waals surface area contributed by atoms with Crippen molar-refractivity contribution in [2.24, 2.45) is 10.9 Å². The molecule has 1 aliphatic heterocycles. The van der Waals surface area contributed by atoms with Gasteiger partial charge in [-0.25, -0.2) is 4.99 Å². The van der Waals surface area contributed by atoms with Crippen molar-refractivity contribution in [2.75, 3.05) is 40.3 Å². The van der Waals surface area contributed by atoms with Crippen molar-refractivity contribution in [2.45, 2.75) is 46.2 Å². The fraction of sp³-hybridized carbons (Fsp3) is 0.636. The highest BCUT2D eigenvalue weighted by Gasteiger charge is 2.20. The Bertz CT molecular complexity index is 654. The number of carbonyl (C=O) groups excluding carboxylic acids is 1. The average molecular weight is 515 g/mol. The van der Waals surface area contributed by atoms with Crippen LogP contribution in [-0.2, 0) is 11.3 Å². The summed E-state index contributed by atoms with van der Waals surface area (Å²) in [6, 6.07) is 9.01. The van der Waals surface area contributed by atoms with Crippen molar-refractivity contribution in [3.8, 4) is 0 Å². The van der Waals surface area contributed by atoms with Gasteiger partial charge < -0.3 is 15.5 Å². The molecule has 1 aliphatic rings. The predicted molar refractivity (Wildman–Crippen MR) is 132 cm³/mol. The first kappa shape index (κ1) is 25.7. The first-order valence-electron chi connectivity index (χ1n) is 10.4. The lowest BCUT2D eigenvalue weighted by atomic mass is 10.0. The van der Waals surface area contributed by atoms with E-state index in [-0.39, 0.29) is 36.4 Å². The Kier molecular flexibility index (Phi) is 11.6. The normalized spacial score (nSPS) is 15.7. The number of likely N-dealkylation sites (N-methyl/N-ethyl adjacent to an activating group) is 1. The second kappa shape index (κ2) is 13.1. The molecule has 1 aromatic rings. The number of nitrogens with one attached hydrogen (secondary N) is 2. The number of carbonyl (C=O) groups is 1. The predicted octanol–water partition coefficient (Wildman–Crippen LogP) is 2.86. The Morgan fingerprint density at radius 1 is 1.24 bits per heavy atom. The molecule has 164 valence electrons. The molecule has 0 radical (unpaired) electrons. The van der Waals surface area contributed by atoms with E-state index in [1.54, 1.807) is 19.0 Å². The number of halogens is 1. The number of likely N-dealkylation sites (tertiary alicyclic amines) is 1. The Balaban J connectivity index is 0.00000420. The molecule has 2 N–H and O–H groups in total. The number of nitrogens with zero attached hydrogens (tertiary/aromatic N) is 3. The van der Waals surface area contributed by atoms with Crippen LogP contribution in [0.1, 0.15) is 37.8 Å². The Hall–Kier alpha value is -1.35. The number of hydrogen-bond acceptors (Lipinski definition) is 3. The van der Waals surface area contributed by atoms with Gasteiger partial charge in [-0.2, -0.15) is 0 Å². The summed E-state index contributed by atoms with van der Waals surface area (Å²) < 4.78 is 0. The van der Waals surface area contributed by atoms with Crippen molar-refractivity contribution >= 4 is 35.8 Å². The Morgan fingerprint density at radius 3 is 2.48 bits per heavy atom. The van der Waals surface area contributed by atoms with Crippen LogP contribution in [0.3, 0.4) is 0 Å². The molecule has 0 unspecified atom stereocenters. The lowest BCUT2D eigenvalue weighted by Gasteiger charge is -2.33. The van der Waals surface area contributed by atoms with Gasteiger partial charge in [-0.3, -0.25) is 9.69 Å². The van der Waals surface area contributed by atoms with E-state index in [1.807, 2.05) is 0 Å². The molecule has 0 atom stereocenters. The van der Waals surface area contributed by atoms with Gasteiger partial charge in [0.2, 0.25) is 5.91 Å². The van der Waals surface area contributed by atoms with Crippen LogP contribution in [-0.4, -0.2) is 68.0 Å². The Labute approximate surface area is 193 Å². The maximum atomic E-state index is 11.9. The third-order valence-corrected chi connectivity index (χ3v) is 5.13. The van der Waals surface area contributed by atoms with Gasteiger partial charge in [-0.05, 0) is 36.8 Å². The van der Waals surface area contributed by atoms with Gasteiger partial charge in [-0.1, -0.05) is 38.1 Å². The molecule has 1 saturated heterocycles. The van der Waals surface area contributed by atoms with Crippen molar-refractivity contribution in [1.29, 1.82) is 0 Å². The van der Waals surface area contributed by atoms with E-state index in [1.165, 1.54) is 11.1 Å². The molecule has 0 saturated carbocycles. The van der Waals surface area contributed by atoms with Crippen molar-refractivity contribution in [1.82, 2.24) is 20.4 Å². The van der Waals surface area contributed by atoms with E-state index in [2.05, 4.69) is 65.6 Å². The summed E-state index contributed by atoms with van der Waals surface area (Å²) in [5.41, 5.74) is 2.78. The number of hydrogen-bond donors (Lipinski definition) is 2. The molecule has 1 aromatic carbocycles. The minimum Gasteiger partial charge on any atom is -0.356 e. The number of aliphatic imine (C=N–C) groups is 1. The van der Waals surface area contributed by atoms with Crippen molar-refractivity contribution in [3.63, 3.8) is 0 Å². The molecule has 29 heavy (non-hydrogen) atoms. The molecule has 0 bridgehead atoms. The van der Waals surface area contributed by atoms with Gasteiger partial charge in [0.15, 0.2) is 5.96 Å². The molecule has 1 amide bonds. The van der Waals surface area contributed by atoms with Gasteiger partial charge in [0.25, 0.3) is 0 Å². The van der Waals surface area contributed by atoms with Crippen LogP contribution in [0.15, 0.2) is 29.3 Å². The van der Waals surface area contributed by atoms with Crippen molar-refractivity contribution in [3.05, 3.63) is 35.4 Å². The molecular formula is C22H38IN5O. The average Bonchev–Trinajstić information content (AvgIpc) is 2.66. The van der Waals surface area contributed by atoms with Gasteiger partial charge in [0, 0.05) is 46.3 Å². The standard InChI is InChI=1S/C22H37N5O.HI/c1-17(2)14-23-22(24-15-21(28)26(4)5)25-20-10-12-27(13-11-20)16-19-9-7-6-8-18(19)3;/h6-9,17,20H,10-16H2,1-5H3,(H2,23,24,25);1H. The van der Waals surface area contributed by atoms with Crippen LogP contribution in [0.4, 0.5) is 0 Å². The lowest BCUT2D eigenvalue weighted by Crippen LogP contribution is -2.49. The number of piperidine rings is 1. The summed E-state index contributed by atoms with van der Waals surface area (Å²) >= 11 is 0. The number of benzene rings is 1. The molecule has 0 spiro atoms. The fourth-order valence-corrected chi connectivity index (χ4v) is 3.20. The third-order valence-electron chi connectivity index (χ3n) is 5.13. The van der Waals surface area contributed by atoms with E-state index in [0.29, 0.717) is 12.0 Å². The quantitative estimate of drug-likeness (QED) is 0.333. The third kappa shape index (κ3) is 9.33. The van der Waals surface area contributed by atoms with Crippen molar-refractivity contribution < 1.29 is 4.79 Å². The number of amides is 1.